The van der Waals surface area contributed by atoms with Gasteiger partial charge >= 0.3 is 0 Å². The van der Waals surface area contributed by atoms with E-state index in [-0.39, 0.29) is 92.1 Å². The van der Waals surface area contributed by atoms with E-state index in [1.807, 2.05) is 0 Å². The molecule has 1 aliphatic carbocycles. The predicted molar refractivity (Wildman–Crippen MR) is 271 cm³/mol. The Labute approximate surface area is 375 Å². The van der Waals surface area contributed by atoms with Crippen molar-refractivity contribution in [2.24, 2.45) is 92.1 Å². The summed E-state index contributed by atoms with van der Waals surface area (Å²) < 4.78 is 0. The van der Waals surface area contributed by atoms with Crippen molar-refractivity contribution in [3.8, 4) is 0 Å². The molecule has 0 heteroatoms. The van der Waals surface area contributed by atoms with Crippen LogP contribution in [-0.4, -0.2) is 0 Å². The van der Waals surface area contributed by atoms with Crippen LogP contribution >= 0.6 is 0 Å². The minimum absolute atomic E-state index is 0.0128. The van der Waals surface area contributed by atoms with Crippen LogP contribution in [0, 0.1) is 92.1 Å². The van der Waals surface area contributed by atoms with E-state index in [4.69, 9.17) is 13.2 Å². The SMILES string of the molecule is C=C(CC)C(C)(C)C(C)(C)C(C)(C)C(C)(C)C(C)(C)C(C)(C)[C@@]1(C)C(=C)C(C)(C)[C@@](C)(CC)[C@]1(C)C(C)(C)C(C)(C)C(=C)C(C)(C)C(C)(C)C(C)(C)C(C)(C)C(C)(C)C. The van der Waals surface area contributed by atoms with E-state index in [9.17, 15) is 0 Å². The van der Waals surface area contributed by atoms with E-state index in [1.54, 1.807) is 0 Å². The van der Waals surface area contributed by atoms with Crippen LogP contribution in [0.4, 0.5) is 0 Å². The average Bonchev–Trinajstić information content (AvgIpc) is 3.16. The molecule has 0 unspecified atom stereocenters. The van der Waals surface area contributed by atoms with Gasteiger partial charge in [0.25, 0.3) is 0 Å². The van der Waals surface area contributed by atoms with Crippen LogP contribution < -0.4 is 0 Å². The lowest BCUT2D eigenvalue weighted by Gasteiger charge is -2.73. The van der Waals surface area contributed by atoms with Crippen molar-refractivity contribution in [2.45, 2.75) is 248 Å². The van der Waals surface area contributed by atoms with Gasteiger partial charge in [0.1, 0.15) is 0 Å². The van der Waals surface area contributed by atoms with Crippen molar-refractivity contribution >= 4 is 0 Å². The van der Waals surface area contributed by atoms with Crippen LogP contribution in [0.1, 0.15) is 248 Å². The lowest BCUT2D eigenvalue weighted by atomic mass is 9.30. The van der Waals surface area contributed by atoms with Crippen molar-refractivity contribution in [1.29, 1.82) is 0 Å². The highest BCUT2D eigenvalue weighted by atomic mass is 14.8. The summed E-state index contributed by atoms with van der Waals surface area (Å²) in [5.74, 6) is 0. The van der Waals surface area contributed by atoms with E-state index in [2.05, 4.69) is 242 Å². The number of hydrogen-bond donors (Lipinski definition) is 0. The average molecular weight is 822 g/mol. The fourth-order valence-corrected chi connectivity index (χ4v) is 14.8. The van der Waals surface area contributed by atoms with Gasteiger partial charge in [0, 0.05) is 5.41 Å². The summed E-state index contributed by atoms with van der Waals surface area (Å²) >= 11 is 0. The molecule has 0 aliphatic heterocycles. The first-order chi connectivity index (χ1) is 25.1. The molecule has 1 rings (SSSR count). The second-order valence-corrected chi connectivity index (χ2v) is 29.2. The topological polar surface area (TPSA) is 0 Å². The summed E-state index contributed by atoms with van der Waals surface area (Å²) in [6, 6.07) is 0. The highest BCUT2D eigenvalue weighted by Crippen LogP contribution is 2.87. The summed E-state index contributed by atoms with van der Waals surface area (Å²) in [7, 11) is 0. The second-order valence-electron chi connectivity index (χ2n) is 29.2. The van der Waals surface area contributed by atoms with Gasteiger partial charge in [0.15, 0.2) is 0 Å². The van der Waals surface area contributed by atoms with E-state index in [0.717, 1.165) is 12.8 Å². The molecule has 0 aromatic carbocycles. The van der Waals surface area contributed by atoms with E-state index >= 15 is 0 Å². The molecule has 0 radical (unpaired) electrons. The highest BCUT2D eigenvalue weighted by molar-refractivity contribution is 5.43. The van der Waals surface area contributed by atoms with Crippen LogP contribution in [0.2, 0.25) is 0 Å². The summed E-state index contributed by atoms with van der Waals surface area (Å²) in [6.45, 7) is 102. The quantitative estimate of drug-likeness (QED) is 0.136. The first-order valence-electron chi connectivity index (χ1n) is 24.2. The standard InChI is InChI=1S/C59H112/c1-38-40(3)44(9,10)49(19,20)53(27,28)54(29,30)55(31,32)56(33,34)58(36)42(5)47(15,16)57(35,39-2)59(58,37)51(23,24)46(13,14)41(4)45(11,12)50(21,22)52(25,26)48(17,18)43(6,7)8/h3-5,38-39H2,1-2,6-37H3/t57-,58-,59+/m1/s1. The van der Waals surface area contributed by atoms with Gasteiger partial charge in [-0.1, -0.05) is 272 Å². The maximum absolute atomic E-state index is 5.32. The Balaban J connectivity index is 4.57. The van der Waals surface area contributed by atoms with Crippen LogP contribution in [0.5, 0.6) is 0 Å². The molecule has 348 valence electrons. The molecule has 0 spiro atoms. The molecule has 3 atom stereocenters. The molecule has 1 fully saturated rings. The van der Waals surface area contributed by atoms with Gasteiger partial charge in [-0.15, -0.1) is 0 Å². The Hall–Kier alpha value is -0.780. The molecule has 0 N–H and O–H groups in total. The fraction of sp³-hybridized carbons (Fsp3) is 0.898. The van der Waals surface area contributed by atoms with Gasteiger partial charge < -0.3 is 0 Å². The number of hydrogen-bond acceptors (Lipinski definition) is 0. The molecule has 0 amide bonds. The van der Waals surface area contributed by atoms with Gasteiger partial charge in [0.05, 0.1) is 0 Å². The van der Waals surface area contributed by atoms with Gasteiger partial charge in [0.2, 0.25) is 0 Å². The zero-order valence-electron chi connectivity index (χ0n) is 47.5. The van der Waals surface area contributed by atoms with Gasteiger partial charge in [-0.2, -0.15) is 0 Å². The van der Waals surface area contributed by atoms with Crippen LogP contribution in [0.3, 0.4) is 0 Å². The Kier molecular flexibility index (Phi) is 13.7. The molecular formula is C59H112. The first-order valence-corrected chi connectivity index (χ1v) is 24.2. The molecule has 0 heterocycles. The normalized spacial score (nSPS) is 25.4. The molecule has 0 bridgehead atoms. The highest BCUT2D eigenvalue weighted by Gasteiger charge is 2.81. The van der Waals surface area contributed by atoms with Crippen molar-refractivity contribution in [1.82, 2.24) is 0 Å². The third kappa shape index (κ3) is 6.09. The lowest BCUT2D eigenvalue weighted by molar-refractivity contribution is -0.243. The number of allylic oxidation sites excluding steroid dienone is 3. The Morgan fingerprint density at radius 2 is 0.746 bits per heavy atom. The molecular weight excluding hydrogens is 709 g/mol. The van der Waals surface area contributed by atoms with Crippen LogP contribution in [0.15, 0.2) is 36.5 Å². The Morgan fingerprint density at radius 3 is 1.07 bits per heavy atom. The second kappa shape index (κ2) is 14.4. The lowest BCUT2D eigenvalue weighted by Crippen LogP contribution is -2.68. The maximum atomic E-state index is 5.32. The third-order valence-corrected chi connectivity index (χ3v) is 26.8. The minimum Gasteiger partial charge on any atom is -0.0993 e. The zero-order valence-corrected chi connectivity index (χ0v) is 47.5. The van der Waals surface area contributed by atoms with Gasteiger partial charge in [-0.05, 0) is 99.5 Å². The largest absolute Gasteiger partial charge is 0.0993 e. The number of rotatable bonds is 16. The molecule has 0 aromatic rings. The van der Waals surface area contributed by atoms with E-state index in [0.29, 0.717) is 0 Å². The maximum Gasteiger partial charge on any atom is 0.000755 e. The van der Waals surface area contributed by atoms with Crippen LogP contribution in [-0.2, 0) is 0 Å². The summed E-state index contributed by atoms with van der Waals surface area (Å²) in [4.78, 5) is 0. The Morgan fingerprint density at radius 1 is 0.424 bits per heavy atom. The van der Waals surface area contributed by atoms with Crippen molar-refractivity contribution in [3.05, 3.63) is 36.5 Å². The molecule has 0 aromatic heterocycles. The first kappa shape index (κ1) is 56.2. The molecule has 1 saturated carbocycles. The smallest absolute Gasteiger partial charge is 0.000755 e. The molecule has 0 saturated heterocycles. The summed E-state index contributed by atoms with van der Waals surface area (Å²) in [6.07, 6.45) is 2.07. The molecule has 0 nitrogen and oxygen atoms in total. The molecule has 1 aliphatic rings. The molecule has 59 heavy (non-hydrogen) atoms. The van der Waals surface area contributed by atoms with Gasteiger partial charge in [-0.25, -0.2) is 0 Å². The summed E-state index contributed by atoms with van der Waals surface area (Å²) in [5, 5.41) is 0. The predicted octanol–water partition coefficient (Wildman–Crippen LogP) is 19.9. The monoisotopic (exact) mass is 821 g/mol. The Bertz CT molecular complexity index is 1620. The zero-order chi connectivity index (χ0) is 48.6. The minimum atomic E-state index is -0.286. The van der Waals surface area contributed by atoms with Crippen molar-refractivity contribution < 1.29 is 0 Å². The third-order valence-electron chi connectivity index (χ3n) is 26.8. The van der Waals surface area contributed by atoms with Gasteiger partial charge in [-0.3, -0.25) is 0 Å². The van der Waals surface area contributed by atoms with Crippen molar-refractivity contribution in [3.63, 3.8) is 0 Å². The van der Waals surface area contributed by atoms with Crippen molar-refractivity contribution in [2.75, 3.05) is 0 Å². The van der Waals surface area contributed by atoms with E-state index < -0.39 is 0 Å². The summed E-state index contributed by atoms with van der Waals surface area (Å²) in [5.41, 5.74) is 2.18. The van der Waals surface area contributed by atoms with Crippen LogP contribution in [0.25, 0.3) is 0 Å². The van der Waals surface area contributed by atoms with E-state index in [1.165, 1.54) is 16.7 Å². The fourth-order valence-electron chi connectivity index (χ4n) is 14.8.